The minimum absolute atomic E-state index is 0.0297. The van der Waals surface area contributed by atoms with E-state index < -0.39 is 5.56 Å². The first-order chi connectivity index (χ1) is 11.0. The number of hydrogen-bond donors (Lipinski definition) is 3. The monoisotopic (exact) mass is 325 g/mol. The molecule has 0 aliphatic carbocycles. The predicted molar refractivity (Wildman–Crippen MR) is 88.7 cm³/mol. The number of nitrogens with two attached hydrogens (primary N) is 1. The van der Waals surface area contributed by atoms with Gasteiger partial charge in [-0.25, -0.2) is 4.98 Å². The molecule has 2 heterocycles. The number of nitriles is 1. The second-order valence-corrected chi connectivity index (χ2v) is 5.13. The number of pyridine rings is 1. The van der Waals surface area contributed by atoms with Gasteiger partial charge in [0.25, 0.3) is 5.56 Å². The third kappa shape index (κ3) is 2.43. The summed E-state index contributed by atoms with van der Waals surface area (Å²) < 4.78 is 5.26. The standard InChI is InChI=1S/C15H11N5O2S/c1-22-8-4-2-7(3-5-8)10-9(6-16)12(17)18-13-11(10)14(21)20-15(23)19-13/h2-5H,1H3,(H4,17,18,19,20,21,23). The Morgan fingerprint density at radius 1 is 1.30 bits per heavy atom. The van der Waals surface area contributed by atoms with E-state index in [-0.39, 0.29) is 27.2 Å². The van der Waals surface area contributed by atoms with Crippen LogP contribution >= 0.6 is 12.2 Å². The van der Waals surface area contributed by atoms with Gasteiger partial charge in [-0.15, -0.1) is 0 Å². The second-order valence-electron chi connectivity index (χ2n) is 4.72. The predicted octanol–water partition coefficient (Wildman–Crippen LogP) is 2.11. The van der Waals surface area contributed by atoms with Crippen LogP contribution in [0.15, 0.2) is 29.1 Å². The van der Waals surface area contributed by atoms with E-state index in [1.807, 2.05) is 6.07 Å². The van der Waals surface area contributed by atoms with E-state index in [4.69, 9.17) is 22.7 Å². The number of nitrogens with zero attached hydrogens (tertiary/aromatic N) is 2. The first kappa shape index (κ1) is 14.7. The highest BCUT2D eigenvalue weighted by molar-refractivity contribution is 7.71. The molecule has 0 aliphatic rings. The second kappa shape index (κ2) is 5.55. The van der Waals surface area contributed by atoms with Crippen molar-refractivity contribution in [3.05, 3.63) is 45.0 Å². The van der Waals surface area contributed by atoms with E-state index in [1.165, 1.54) is 0 Å². The number of ether oxygens (including phenoxy) is 1. The van der Waals surface area contributed by atoms with Crippen LogP contribution in [-0.2, 0) is 0 Å². The molecule has 0 saturated heterocycles. The molecule has 8 heteroatoms. The SMILES string of the molecule is COc1ccc(-c2c(C#N)c(N)nc3[nH]c(=S)[nH]c(=O)c23)cc1. The van der Waals surface area contributed by atoms with Crippen LogP contribution in [0.2, 0.25) is 0 Å². The van der Waals surface area contributed by atoms with Crippen LogP contribution in [0.5, 0.6) is 5.75 Å². The van der Waals surface area contributed by atoms with Gasteiger partial charge in [0.1, 0.15) is 28.8 Å². The van der Waals surface area contributed by atoms with Crippen molar-refractivity contribution in [3.8, 4) is 22.9 Å². The van der Waals surface area contributed by atoms with Crippen molar-refractivity contribution < 1.29 is 4.74 Å². The van der Waals surface area contributed by atoms with Gasteiger partial charge in [0.05, 0.1) is 12.5 Å². The van der Waals surface area contributed by atoms with Gasteiger partial charge in [0, 0.05) is 5.56 Å². The number of nitrogens with one attached hydrogen (secondary N) is 2. The Bertz CT molecular complexity index is 1060. The van der Waals surface area contributed by atoms with Crippen LogP contribution in [0, 0.1) is 16.1 Å². The molecule has 4 N–H and O–H groups in total. The Balaban J connectivity index is 2.48. The highest BCUT2D eigenvalue weighted by atomic mass is 32.1. The summed E-state index contributed by atoms with van der Waals surface area (Å²) in [6, 6.07) is 8.97. The van der Waals surface area contributed by atoms with Crippen LogP contribution in [0.4, 0.5) is 5.82 Å². The minimum Gasteiger partial charge on any atom is -0.497 e. The summed E-state index contributed by atoms with van der Waals surface area (Å²) in [6.45, 7) is 0. The molecule has 0 saturated carbocycles. The molecule has 3 aromatic rings. The zero-order valence-electron chi connectivity index (χ0n) is 12.0. The third-order valence-electron chi connectivity index (χ3n) is 3.40. The summed E-state index contributed by atoms with van der Waals surface area (Å²) >= 11 is 4.95. The first-order valence-corrected chi connectivity index (χ1v) is 6.96. The Labute approximate surface area is 135 Å². The van der Waals surface area contributed by atoms with E-state index in [2.05, 4.69) is 15.0 Å². The molecule has 3 rings (SSSR count). The fourth-order valence-corrected chi connectivity index (χ4v) is 2.57. The molecule has 0 fully saturated rings. The molecule has 0 bridgehead atoms. The average molecular weight is 325 g/mol. The molecule has 1 aromatic carbocycles. The molecule has 23 heavy (non-hydrogen) atoms. The van der Waals surface area contributed by atoms with E-state index in [0.29, 0.717) is 16.9 Å². The lowest BCUT2D eigenvalue weighted by molar-refractivity contribution is 0.415. The summed E-state index contributed by atoms with van der Waals surface area (Å²) in [4.78, 5) is 21.7. The van der Waals surface area contributed by atoms with E-state index in [9.17, 15) is 10.1 Å². The number of hydrogen-bond acceptors (Lipinski definition) is 6. The molecular formula is C15H11N5O2S. The largest absolute Gasteiger partial charge is 0.497 e. The van der Waals surface area contributed by atoms with Gasteiger partial charge in [-0.2, -0.15) is 5.26 Å². The summed E-state index contributed by atoms with van der Waals surface area (Å²) in [6.07, 6.45) is 0. The summed E-state index contributed by atoms with van der Waals surface area (Å²) in [5.74, 6) is 0.689. The van der Waals surface area contributed by atoms with Crippen molar-refractivity contribution in [1.29, 1.82) is 5.26 Å². The summed E-state index contributed by atoms with van der Waals surface area (Å²) in [5, 5.41) is 9.66. The lowest BCUT2D eigenvalue weighted by Gasteiger charge is -2.10. The molecular weight excluding hydrogens is 314 g/mol. The molecule has 0 spiro atoms. The van der Waals surface area contributed by atoms with Crippen molar-refractivity contribution in [2.75, 3.05) is 12.8 Å². The fourth-order valence-electron chi connectivity index (χ4n) is 2.38. The van der Waals surface area contributed by atoms with E-state index in [1.54, 1.807) is 31.4 Å². The van der Waals surface area contributed by atoms with Crippen LogP contribution in [0.25, 0.3) is 22.2 Å². The Morgan fingerprint density at radius 3 is 2.61 bits per heavy atom. The Kier molecular flexibility index (Phi) is 3.56. The number of fused-ring (bicyclic) bond motifs is 1. The van der Waals surface area contributed by atoms with Gasteiger partial charge >= 0.3 is 0 Å². The number of anilines is 1. The molecule has 0 aliphatic heterocycles. The zero-order valence-corrected chi connectivity index (χ0v) is 12.8. The number of aromatic amines is 2. The quantitative estimate of drug-likeness (QED) is 0.621. The number of rotatable bonds is 2. The number of H-pyrrole nitrogens is 2. The van der Waals surface area contributed by atoms with Gasteiger partial charge in [-0.05, 0) is 29.9 Å². The van der Waals surface area contributed by atoms with Gasteiger partial charge in [-0.3, -0.25) is 9.78 Å². The number of benzene rings is 1. The van der Waals surface area contributed by atoms with Gasteiger partial charge < -0.3 is 15.5 Å². The first-order valence-electron chi connectivity index (χ1n) is 6.55. The van der Waals surface area contributed by atoms with Crippen LogP contribution < -0.4 is 16.0 Å². The lowest BCUT2D eigenvalue weighted by atomic mass is 9.98. The molecule has 0 radical (unpaired) electrons. The van der Waals surface area contributed by atoms with Crippen molar-refractivity contribution in [3.63, 3.8) is 0 Å². The topological polar surface area (TPSA) is 121 Å². The smallest absolute Gasteiger partial charge is 0.261 e. The van der Waals surface area contributed by atoms with Crippen LogP contribution in [0.1, 0.15) is 5.56 Å². The fraction of sp³-hybridized carbons (Fsp3) is 0.0667. The number of aromatic nitrogens is 3. The highest BCUT2D eigenvalue weighted by Gasteiger charge is 2.18. The van der Waals surface area contributed by atoms with Gasteiger partial charge in [0.15, 0.2) is 4.77 Å². The van der Waals surface area contributed by atoms with Gasteiger partial charge in [-0.1, -0.05) is 12.1 Å². The highest BCUT2D eigenvalue weighted by Crippen LogP contribution is 2.32. The third-order valence-corrected chi connectivity index (χ3v) is 3.61. The maximum absolute atomic E-state index is 12.3. The zero-order chi connectivity index (χ0) is 16.6. The summed E-state index contributed by atoms with van der Waals surface area (Å²) in [5.41, 5.74) is 6.87. The van der Waals surface area contributed by atoms with Gasteiger partial charge in [0.2, 0.25) is 0 Å². The van der Waals surface area contributed by atoms with Crippen LogP contribution in [-0.4, -0.2) is 22.1 Å². The van der Waals surface area contributed by atoms with Crippen molar-refractivity contribution >= 4 is 29.1 Å². The van der Waals surface area contributed by atoms with Crippen molar-refractivity contribution in [1.82, 2.24) is 15.0 Å². The number of nitrogen functional groups attached to an aromatic ring is 1. The molecule has 0 unspecified atom stereocenters. The molecule has 2 aromatic heterocycles. The average Bonchev–Trinajstić information content (AvgIpc) is 2.53. The van der Waals surface area contributed by atoms with Crippen molar-refractivity contribution in [2.24, 2.45) is 0 Å². The van der Waals surface area contributed by atoms with E-state index >= 15 is 0 Å². The maximum atomic E-state index is 12.3. The van der Waals surface area contributed by atoms with Crippen LogP contribution in [0.3, 0.4) is 0 Å². The minimum atomic E-state index is -0.432. The van der Waals surface area contributed by atoms with Crippen molar-refractivity contribution in [2.45, 2.75) is 0 Å². The lowest BCUT2D eigenvalue weighted by Crippen LogP contribution is -2.12. The molecule has 0 amide bonds. The molecule has 114 valence electrons. The normalized spacial score (nSPS) is 10.4. The Morgan fingerprint density at radius 2 is 2.00 bits per heavy atom. The Hall–Kier alpha value is -3.18. The molecule has 0 atom stereocenters. The molecule has 7 nitrogen and oxygen atoms in total. The maximum Gasteiger partial charge on any atom is 0.261 e. The van der Waals surface area contributed by atoms with E-state index in [0.717, 1.165) is 0 Å². The number of methoxy groups -OCH3 is 1. The summed E-state index contributed by atoms with van der Waals surface area (Å²) in [7, 11) is 1.56.